The van der Waals surface area contributed by atoms with Crippen LogP contribution in [-0.4, -0.2) is 37.2 Å². The van der Waals surface area contributed by atoms with E-state index < -0.39 is 0 Å². The van der Waals surface area contributed by atoms with Crippen molar-refractivity contribution in [3.8, 4) is 5.69 Å². The number of rotatable bonds is 5. The van der Waals surface area contributed by atoms with Crippen molar-refractivity contribution in [1.82, 2.24) is 30.1 Å². The molecular weight excluding hydrogens is 296 g/mol. The summed E-state index contributed by atoms with van der Waals surface area (Å²) in [6.07, 6.45) is 1.55. The number of benzene rings is 1. The van der Waals surface area contributed by atoms with E-state index in [9.17, 15) is 9.59 Å². The van der Waals surface area contributed by atoms with Gasteiger partial charge in [-0.15, -0.1) is 0 Å². The number of carbonyl (C=O) groups is 1. The van der Waals surface area contributed by atoms with Crippen molar-refractivity contribution in [1.29, 1.82) is 0 Å². The van der Waals surface area contributed by atoms with E-state index in [4.69, 9.17) is 0 Å². The van der Waals surface area contributed by atoms with Crippen molar-refractivity contribution in [2.75, 3.05) is 6.54 Å². The van der Waals surface area contributed by atoms with Crippen LogP contribution >= 0.6 is 0 Å². The minimum atomic E-state index is -0.358. The Kier molecular flexibility index (Phi) is 4.23. The number of aromatic nitrogens is 5. The van der Waals surface area contributed by atoms with Gasteiger partial charge in [-0.25, -0.2) is 4.79 Å². The first-order valence-electron chi connectivity index (χ1n) is 7.03. The zero-order valence-corrected chi connectivity index (χ0v) is 12.2. The summed E-state index contributed by atoms with van der Waals surface area (Å²) in [7, 11) is 0. The second-order valence-corrected chi connectivity index (χ2v) is 4.70. The number of pyridine rings is 1. The van der Waals surface area contributed by atoms with Crippen LogP contribution in [0.4, 0.5) is 0 Å². The first kappa shape index (κ1) is 14.6. The number of nitrogens with one attached hydrogen (secondary N) is 1. The van der Waals surface area contributed by atoms with E-state index in [-0.39, 0.29) is 24.7 Å². The zero-order chi connectivity index (χ0) is 16.1. The van der Waals surface area contributed by atoms with Crippen LogP contribution in [0, 0.1) is 0 Å². The maximum absolute atomic E-state index is 12.2. The van der Waals surface area contributed by atoms with Crippen LogP contribution in [0.2, 0.25) is 0 Å². The van der Waals surface area contributed by atoms with Crippen molar-refractivity contribution < 1.29 is 4.79 Å². The predicted molar refractivity (Wildman–Crippen MR) is 82.2 cm³/mol. The lowest BCUT2D eigenvalue weighted by Crippen LogP contribution is -2.32. The Labute approximate surface area is 131 Å². The third-order valence-electron chi connectivity index (χ3n) is 3.15. The first-order chi connectivity index (χ1) is 11.3. The highest BCUT2D eigenvalue weighted by Gasteiger charge is 2.09. The van der Waals surface area contributed by atoms with Gasteiger partial charge in [-0.2, -0.15) is 9.36 Å². The van der Waals surface area contributed by atoms with Crippen LogP contribution < -0.4 is 11.0 Å². The van der Waals surface area contributed by atoms with Gasteiger partial charge >= 0.3 is 5.69 Å². The topological polar surface area (TPSA) is 94.7 Å². The van der Waals surface area contributed by atoms with Gasteiger partial charge in [0.2, 0.25) is 0 Å². The summed E-state index contributed by atoms with van der Waals surface area (Å²) in [5.41, 5.74) is 0.609. The number of tetrazole rings is 1. The van der Waals surface area contributed by atoms with Crippen molar-refractivity contribution in [2.24, 2.45) is 0 Å². The average Bonchev–Trinajstić information content (AvgIpc) is 2.97. The summed E-state index contributed by atoms with van der Waals surface area (Å²) < 4.78 is 2.41. The number of nitrogens with zero attached hydrogens (tertiary/aromatic N) is 5. The fraction of sp³-hybridized carbons (Fsp3) is 0.133. The summed E-state index contributed by atoms with van der Waals surface area (Å²) >= 11 is 0. The second-order valence-electron chi connectivity index (χ2n) is 4.70. The Morgan fingerprint density at radius 2 is 1.83 bits per heavy atom. The van der Waals surface area contributed by atoms with Crippen LogP contribution in [0.5, 0.6) is 0 Å². The molecule has 0 aliphatic rings. The van der Waals surface area contributed by atoms with E-state index in [2.05, 4.69) is 20.7 Å². The molecule has 0 atom stereocenters. The first-order valence-corrected chi connectivity index (χ1v) is 7.03. The minimum absolute atomic E-state index is 0.226. The highest BCUT2D eigenvalue weighted by Crippen LogP contribution is 2.00. The molecule has 0 bridgehead atoms. The van der Waals surface area contributed by atoms with Gasteiger partial charge in [-0.3, -0.25) is 9.78 Å². The lowest BCUT2D eigenvalue weighted by molar-refractivity contribution is 0.0946. The van der Waals surface area contributed by atoms with Crippen LogP contribution in [-0.2, 0) is 6.54 Å². The SMILES string of the molecule is O=C(NCCn1nnn(-c2ccccc2)c1=O)c1ccccn1. The molecule has 1 N–H and O–H groups in total. The van der Waals surface area contributed by atoms with Crippen molar-refractivity contribution in [3.63, 3.8) is 0 Å². The molecule has 0 aliphatic heterocycles. The Balaban J connectivity index is 1.63. The van der Waals surface area contributed by atoms with Gasteiger partial charge in [0.15, 0.2) is 0 Å². The van der Waals surface area contributed by atoms with Crippen molar-refractivity contribution >= 4 is 5.91 Å². The third-order valence-corrected chi connectivity index (χ3v) is 3.15. The van der Waals surface area contributed by atoms with Crippen LogP contribution in [0.15, 0.2) is 59.5 Å². The molecule has 0 saturated heterocycles. The predicted octanol–water partition coefficient (Wildman–Crippen LogP) is 0.254. The molecule has 3 rings (SSSR count). The molecule has 3 aromatic rings. The van der Waals surface area contributed by atoms with Crippen molar-refractivity contribution in [3.05, 3.63) is 70.9 Å². The molecule has 23 heavy (non-hydrogen) atoms. The van der Waals surface area contributed by atoms with Gasteiger partial charge in [0, 0.05) is 12.7 Å². The smallest absolute Gasteiger partial charge is 0.349 e. The molecule has 8 heteroatoms. The van der Waals surface area contributed by atoms with Gasteiger partial charge in [0.1, 0.15) is 5.69 Å². The van der Waals surface area contributed by atoms with Gasteiger partial charge in [-0.05, 0) is 34.7 Å². The van der Waals surface area contributed by atoms with Gasteiger partial charge < -0.3 is 5.32 Å². The molecule has 116 valence electrons. The number of para-hydroxylation sites is 1. The Bertz CT molecular complexity index is 841. The molecule has 0 fully saturated rings. The van der Waals surface area contributed by atoms with Crippen LogP contribution in [0.3, 0.4) is 0 Å². The summed E-state index contributed by atoms with van der Waals surface area (Å²) in [5, 5.41) is 10.3. The van der Waals surface area contributed by atoms with E-state index in [1.807, 2.05) is 18.2 Å². The lowest BCUT2D eigenvalue weighted by atomic mass is 10.3. The second kappa shape index (κ2) is 6.65. The maximum Gasteiger partial charge on any atom is 0.368 e. The zero-order valence-electron chi connectivity index (χ0n) is 12.2. The molecule has 0 radical (unpaired) electrons. The largest absolute Gasteiger partial charge is 0.368 e. The molecule has 0 spiro atoms. The molecule has 0 unspecified atom stereocenters. The monoisotopic (exact) mass is 310 g/mol. The minimum Gasteiger partial charge on any atom is -0.349 e. The van der Waals surface area contributed by atoms with Gasteiger partial charge in [0.05, 0.1) is 12.2 Å². The number of amides is 1. The summed E-state index contributed by atoms with van der Waals surface area (Å²) in [4.78, 5) is 28.0. The summed E-state index contributed by atoms with van der Waals surface area (Å²) in [6, 6.07) is 14.1. The van der Waals surface area contributed by atoms with Crippen LogP contribution in [0.25, 0.3) is 5.69 Å². The fourth-order valence-electron chi connectivity index (χ4n) is 2.01. The Morgan fingerprint density at radius 1 is 1.04 bits per heavy atom. The normalized spacial score (nSPS) is 10.4. The quantitative estimate of drug-likeness (QED) is 0.729. The van der Waals surface area contributed by atoms with E-state index in [1.165, 1.54) is 9.36 Å². The molecule has 0 aliphatic carbocycles. The van der Waals surface area contributed by atoms with E-state index >= 15 is 0 Å². The molecule has 0 saturated carbocycles. The van der Waals surface area contributed by atoms with E-state index in [1.54, 1.807) is 36.5 Å². The Hall–Kier alpha value is -3.29. The third kappa shape index (κ3) is 3.31. The summed E-state index contributed by atoms with van der Waals surface area (Å²) in [5.74, 6) is -0.297. The maximum atomic E-state index is 12.2. The standard InChI is InChI=1S/C15H14N6O2/c22-14(13-8-4-5-9-16-13)17-10-11-20-15(23)21(19-18-20)12-6-2-1-3-7-12/h1-9H,10-11H2,(H,17,22). The lowest BCUT2D eigenvalue weighted by Gasteiger charge is -2.03. The molecular formula is C15H14N6O2. The van der Waals surface area contributed by atoms with Gasteiger partial charge in [0.25, 0.3) is 5.91 Å². The average molecular weight is 310 g/mol. The van der Waals surface area contributed by atoms with Gasteiger partial charge in [-0.1, -0.05) is 24.3 Å². The molecule has 1 aromatic carbocycles. The Morgan fingerprint density at radius 3 is 2.57 bits per heavy atom. The van der Waals surface area contributed by atoms with E-state index in [0.717, 1.165) is 0 Å². The summed E-state index contributed by atoms with van der Waals surface area (Å²) in [6.45, 7) is 0.479. The highest BCUT2D eigenvalue weighted by molar-refractivity contribution is 5.92. The van der Waals surface area contributed by atoms with E-state index in [0.29, 0.717) is 11.4 Å². The fourth-order valence-corrected chi connectivity index (χ4v) is 2.01. The molecule has 8 nitrogen and oxygen atoms in total. The number of carbonyl (C=O) groups excluding carboxylic acids is 1. The molecule has 2 heterocycles. The molecule has 1 amide bonds. The number of hydrogen-bond donors (Lipinski definition) is 1. The number of hydrogen-bond acceptors (Lipinski definition) is 5. The highest BCUT2D eigenvalue weighted by atomic mass is 16.2. The molecule has 2 aromatic heterocycles. The van der Waals surface area contributed by atoms with Crippen LogP contribution in [0.1, 0.15) is 10.5 Å². The van der Waals surface area contributed by atoms with Crippen molar-refractivity contribution in [2.45, 2.75) is 6.54 Å².